The summed E-state index contributed by atoms with van der Waals surface area (Å²) in [6.07, 6.45) is 27.1. The standard InChI is InChI=1S/C30H62O4/c1-5-31-29(32-6-2)27-25-23-21-19-17-15-13-11-9-10-12-14-16-18-20-22-24-26-28-30(33-7-3)34-8-4/h29-30H,5-28H2,1-4H3. The van der Waals surface area contributed by atoms with Gasteiger partial charge in [-0.25, -0.2) is 0 Å². The van der Waals surface area contributed by atoms with Crippen molar-refractivity contribution < 1.29 is 18.9 Å². The molecule has 0 unspecified atom stereocenters. The second-order valence-electron chi connectivity index (χ2n) is 9.62. The Morgan fingerprint density at radius 1 is 0.294 bits per heavy atom. The highest BCUT2D eigenvalue weighted by molar-refractivity contribution is 4.53. The van der Waals surface area contributed by atoms with Gasteiger partial charge in [0.25, 0.3) is 0 Å². The minimum absolute atomic E-state index is 0.0190. The summed E-state index contributed by atoms with van der Waals surface area (Å²) >= 11 is 0. The molecular formula is C30H62O4. The molecule has 4 nitrogen and oxygen atoms in total. The van der Waals surface area contributed by atoms with E-state index in [0.29, 0.717) is 0 Å². The van der Waals surface area contributed by atoms with Gasteiger partial charge in [0.05, 0.1) is 0 Å². The van der Waals surface area contributed by atoms with E-state index in [0.717, 1.165) is 39.3 Å². The lowest BCUT2D eigenvalue weighted by atomic mass is 10.0. The molecular weight excluding hydrogens is 424 g/mol. The molecule has 0 heterocycles. The SMILES string of the molecule is CCOC(CCCCCCCCCCCCCCCCCCCCC(OCC)OCC)OCC. The average molecular weight is 487 g/mol. The van der Waals surface area contributed by atoms with Crippen molar-refractivity contribution in [1.82, 2.24) is 0 Å². The fourth-order valence-corrected chi connectivity index (χ4v) is 4.62. The van der Waals surface area contributed by atoms with Crippen molar-refractivity contribution in [3.05, 3.63) is 0 Å². The number of hydrogen-bond acceptors (Lipinski definition) is 4. The van der Waals surface area contributed by atoms with Crippen molar-refractivity contribution in [2.75, 3.05) is 26.4 Å². The van der Waals surface area contributed by atoms with Gasteiger partial charge < -0.3 is 18.9 Å². The van der Waals surface area contributed by atoms with E-state index in [4.69, 9.17) is 18.9 Å². The minimum atomic E-state index is 0.0190. The molecule has 206 valence electrons. The second kappa shape index (κ2) is 29.1. The van der Waals surface area contributed by atoms with Gasteiger partial charge in [0.2, 0.25) is 0 Å². The van der Waals surface area contributed by atoms with E-state index < -0.39 is 0 Å². The van der Waals surface area contributed by atoms with Gasteiger partial charge in [0, 0.05) is 26.4 Å². The summed E-state index contributed by atoms with van der Waals surface area (Å²) < 4.78 is 22.4. The highest BCUT2D eigenvalue weighted by Crippen LogP contribution is 2.16. The smallest absolute Gasteiger partial charge is 0.157 e. The third-order valence-corrected chi connectivity index (χ3v) is 6.54. The van der Waals surface area contributed by atoms with Gasteiger partial charge in [0.15, 0.2) is 12.6 Å². The lowest BCUT2D eigenvalue weighted by Gasteiger charge is -2.16. The molecule has 0 aliphatic heterocycles. The fourth-order valence-electron chi connectivity index (χ4n) is 4.62. The van der Waals surface area contributed by atoms with Crippen molar-refractivity contribution in [2.24, 2.45) is 0 Å². The van der Waals surface area contributed by atoms with Crippen LogP contribution >= 0.6 is 0 Å². The molecule has 0 atom stereocenters. The summed E-state index contributed by atoms with van der Waals surface area (Å²) in [5.41, 5.74) is 0. The summed E-state index contributed by atoms with van der Waals surface area (Å²) in [7, 11) is 0. The van der Waals surface area contributed by atoms with Crippen LogP contribution < -0.4 is 0 Å². The maximum atomic E-state index is 5.61. The van der Waals surface area contributed by atoms with Crippen LogP contribution in [0.25, 0.3) is 0 Å². The molecule has 34 heavy (non-hydrogen) atoms. The van der Waals surface area contributed by atoms with E-state index in [-0.39, 0.29) is 12.6 Å². The molecule has 0 bridgehead atoms. The molecule has 0 aliphatic carbocycles. The zero-order chi connectivity index (χ0) is 25.0. The molecule has 0 aromatic carbocycles. The second-order valence-corrected chi connectivity index (χ2v) is 9.62. The lowest BCUT2D eigenvalue weighted by molar-refractivity contribution is -0.140. The van der Waals surface area contributed by atoms with E-state index in [2.05, 4.69) is 0 Å². The molecule has 0 radical (unpaired) electrons. The summed E-state index contributed by atoms with van der Waals surface area (Å²) in [6.45, 7) is 11.2. The van der Waals surface area contributed by atoms with Crippen LogP contribution in [0.15, 0.2) is 0 Å². The molecule has 0 N–H and O–H groups in total. The third kappa shape index (κ3) is 24.9. The number of ether oxygens (including phenoxy) is 4. The van der Waals surface area contributed by atoms with Crippen LogP contribution in [0.3, 0.4) is 0 Å². The van der Waals surface area contributed by atoms with Gasteiger partial charge >= 0.3 is 0 Å². The van der Waals surface area contributed by atoms with Crippen molar-refractivity contribution in [3.8, 4) is 0 Å². The summed E-state index contributed by atoms with van der Waals surface area (Å²) in [5.74, 6) is 0. The monoisotopic (exact) mass is 486 g/mol. The van der Waals surface area contributed by atoms with Gasteiger partial charge in [-0.1, -0.05) is 103 Å². The van der Waals surface area contributed by atoms with Crippen LogP contribution in [0.4, 0.5) is 0 Å². The van der Waals surface area contributed by atoms with Gasteiger partial charge in [0.1, 0.15) is 0 Å². The highest BCUT2D eigenvalue weighted by atomic mass is 16.7. The Morgan fingerprint density at radius 3 is 0.647 bits per heavy atom. The van der Waals surface area contributed by atoms with Crippen LogP contribution in [-0.4, -0.2) is 39.0 Å². The Kier molecular flexibility index (Phi) is 28.9. The molecule has 0 spiro atoms. The van der Waals surface area contributed by atoms with Crippen molar-refractivity contribution in [1.29, 1.82) is 0 Å². The number of rotatable bonds is 29. The number of unbranched alkanes of at least 4 members (excludes halogenated alkanes) is 17. The van der Waals surface area contributed by atoms with Crippen molar-refractivity contribution in [2.45, 2.75) is 169 Å². The normalized spacial score (nSPS) is 11.8. The van der Waals surface area contributed by atoms with Crippen LogP contribution in [0.5, 0.6) is 0 Å². The number of hydrogen-bond donors (Lipinski definition) is 0. The maximum Gasteiger partial charge on any atom is 0.157 e. The van der Waals surface area contributed by atoms with Crippen molar-refractivity contribution in [3.63, 3.8) is 0 Å². The first-order chi connectivity index (χ1) is 16.8. The Hall–Kier alpha value is -0.160. The molecule has 4 heteroatoms. The van der Waals surface area contributed by atoms with E-state index in [9.17, 15) is 0 Å². The van der Waals surface area contributed by atoms with Gasteiger partial charge in [-0.15, -0.1) is 0 Å². The zero-order valence-electron chi connectivity index (χ0n) is 23.8. The first-order valence-corrected chi connectivity index (χ1v) is 15.2. The van der Waals surface area contributed by atoms with E-state index in [1.807, 2.05) is 27.7 Å². The van der Waals surface area contributed by atoms with Crippen LogP contribution in [0.2, 0.25) is 0 Å². The average Bonchev–Trinajstić information content (AvgIpc) is 2.83. The molecule has 0 aromatic rings. The van der Waals surface area contributed by atoms with E-state index >= 15 is 0 Å². The van der Waals surface area contributed by atoms with Gasteiger partial charge in [-0.2, -0.15) is 0 Å². The van der Waals surface area contributed by atoms with Crippen LogP contribution in [0, 0.1) is 0 Å². The summed E-state index contributed by atoms with van der Waals surface area (Å²) in [6, 6.07) is 0. The van der Waals surface area contributed by atoms with Crippen LogP contribution in [0.1, 0.15) is 156 Å². The highest BCUT2D eigenvalue weighted by Gasteiger charge is 2.07. The molecule has 0 saturated heterocycles. The summed E-state index contributed by atoms with van der Waals surface area (Å²) in [5, 5.41) is 0. The molecule has 0 rings (SSSR count). The first kappa shape index (κ1) is 33.8. The summed E-state index contributed by atoms with van der Waals surface area (Å²) in [4.78, 5) is 0. The third-order valence-electron chi connectivity index (χ3n) is 6.54. The van der Waals surface area contributed by atoms with Gasteiger partial charge in [-0.3, -0.25) is 0 Å². The predicted molar refractivity (Wildman–Crippen MR) is 146 cm³/mol. The Morgan fingerprint density at radius 2 is 0.471 bits per heavy atom. The predicted octanol–water partition coefficient (Wildman–Crippen LogP) is 9.59. The lowest BCUT2D eigenvalue weighted by Crippen LogP contribution is -2.17. The zero-order valence-corrected chi connectivity index (χ0v) is 23.8. The minimum Gasteiger partial charge on any atom is -0.353 e. The van der Waals surface area contributed by atoms with E-state index in [1.54, 1.807) is 0 Å². The molecule has 0 saturated carbocycles. The Balaban J connectivity index is 3.21. The molecule has 0 aromatic heterocycles. The van der Waals surface area contributed by atoms with E-state index in [1.165, 1.54) is 116 Å². The van der Waals surface area contributed by atoms with Crippen molar-refractivity contribution >= 4 is 0 Å². The molecule has 0 aliphatic rings. The first-order valence-electron chi connectivity index (χ1n) is 15.2. The fraction of sp³-hybridized carbons (Fsp3) is 1.00. The Labute approximate surface area is 214 Å². The molecule has 0 amide bonds. The van der Waals surface area contributed by atoms with Gasteiger partial charge in [-0.05, 0) is 53.4 Å². The van der Waals surface area contributed by atoms with Crippen LogP contribution in [-0.2, 0) is 18.9 Å². The topological polar surface area (TPSA) is 36.9 Å². The Bertz CT molecular complexity index is 318. The largest absolute Gasteiger partial charge is 0.353 e. The molecule has 0 fully saturated rings. The quantitative estimate of drug-likeness (QED) is 0.0779. The maximum absolute atomic E-state index is 5.61.